The molecule has 0 aromatic rings. The first-order chi connectivity index (χ1) is 6.76. The molecule has 0 spiro atoms. The van der Waals surface area contributed by atoms with Crippen molar-refractivity contribution < 1.29 is 9.90 Å². The van der Waals surface area contributed by atoms with Crippen molar-refractivity contribution in [2.75, 3.05) is 6.61 Å². The maximum atomic E-state index is 11.6. The minimum absolute atomic E-state index is 0.103. The highest BCUT2D eigenvalue weighted by Crippen LogP contribution is 2.32. The molecule has 0 aromatic heterocycles. The fourth-order valence-corrected chi connectivity index (χ4v) is 2.26. The summed E-state index contributed by atoms with van der Waals surface area (Å²) in [6.07, 6.45) is 7.46. The highest BCUT2D eigenvalue weighted by molar-refractivity contribution is 5.81. The van der Waals surface area contributed by atoms with E-state index in [2.05, 4.69) is 5.32 Å². The van der Waals surface area contributed by atoms with Crippen LogP contribution in [0.2, 0.25) is 0 Å². The van der Waals surface area contributed by atoms with Gasteiger partial charge in [0.25, 0.3) is 0 Å². The van der Waals surface area contributed by atoms with E-state index >= 15 is 0 Å². The van der Waals surface area contributed by atoms with Crippen molar-refractivity contribution in [2.24, 2.45) is 5.92 Å². The van der Waals surface area contributed by atoms with Gasteiger partial charge in [0.1, 0.15) is 0 Å². The van der Waals surface area contributed by atoms with Crippen molar-refractivity contribution in [3.8, 4) is 0 Å². The number of carbonyl (C=O) groups excluding carboxylic acids is 1. The van der Waals surface area contributed by atoms with Crippen LogP contribution in [-0.2, 0) is 4.79 Å². The van der Waals surface area contributed by atoms with E-state index in [0.717, 1.165) is 38.5 Å². The zero-order chi connectivity index (χ0) is 10.0. The molecule has 0 atom stereocenters. The number of hydrogen-bond donors (Lipinski definition) is 2. The van der Waals surface area contributed by atoms with Gasteiger partial charge in [0.05, 0.1) is 12.1 Å². The predicted molar refractivity (Wildman–Crippen MR) is 53.8 cm³/mol. The summed E-state index contributed by atoms with van der Waals surface area (Å²) in [5.74, 6) is 0.418. The van der Waals surface area contributed by atoms with Gasteiger partial charge in [-0.25, -0.2) is 0 Å². The fraction of sp³-hybridized carbons (Fsp3) is 0.909. The summed E-state index contributed by atoms with van der Waals surface area (Å²) in [6.45, 7) is 0.103. The monoisotopic (exact) mass is 197 g/mol. The molecule has 0 aromatic carbocycles. The van der Waals surface area contributed by atoms with E-state index in [1.54, 1.807) is 0 Å². The maximum Gasteiger partial charge on any atom is 0.223 e. The Labute approximate surface area is 84.9 Å². The summed E-state index contributed by atoms with van der Waals surface area (Å²) >= 11 is 0. The van der Waals surface area contributed by atoms with Crippen LogP contribution in [0, 0.1) is 5.92 Å². The van der Waals surface area contributed by atoms with Gasteiger partial charge in [0.2, 0.25) is 5.91 Å². The molecule has 0 radical (unpaired) electrons. The quantitative estimate of drug-likeness (QED) is 0.714. The Bertz CT molecular complexity index is 217. The average Bonchev–Trinajstić information content (AvgIpc) is 3.02. The van der Waals surface area contributed by atoms with Crippen molar-refractivity contribution in [3.63, 3.8) is 0 Å². The number of amides is 1. The van der Waals surface area contributed by atoms with Gasteiger partial charge in [-0.2, -0.15) is 0 Å². The normalized spacial score (nSPS) is 25.8. The number of rotatable bonds is 3. The number of hydrogen-bond acceptors (Lipinski definition) is 2. The van der Waals surface area contributed by atoms with Crippen LogP contribution in [0.5, 0.6) is 0 Å². The molecule has 3 heteroatoms. The Kier molecular flexibility index (Phi) is 2.77. The molecule has 0 bridgehead atoms. The van der Waals surface area contributed by atoms with E-state index in [4.69, 9.17) is 0 Å². The lowest BCUT2D eigenvalue weighted by Gasteiger charge is -2.36. The smallest absolute Gasteiger partial charge is 0.223 e. The highest BCUT2D eigenvalue weighted by Gasteiger charge is 2.37. The lowest BCUT2D eigenvalue weighted by molar-refractivity contribution is -0.125. The summed E-state index contributed by atoms with van der Waals surface area (Å²) in [5.41, 5.74) is -0.280. The van der Waals surface area contributed by atoms with Crippen LogP contribution in [0.4, 0.5) is 0 Å². The third-order valence-corrected chi connectivity index (χ3v) is 3.45. The van der Waals surface area contributed by atoms with Gasteiger partial charge >= 0.3 is 0 Å². The van der Waals surface area contributed by atoms with Gasteiger partial charge in [0, 0.05) is 5.92 Å². The number of aliphatic hydroxyl groups is 1. The van der Waals surface area contributed by atoms with Gasteiger partial charge in [0.15, 0.2) is 0 Å². The Hall–Kier alpha value is -0.570. The molecule has 80 valence electrons. The molecule has 0 heterocycles. The van der Waals surface area contributed by atoms with E-state index in [1.165, 1.54) is 6.42 Å². The van der Waals surface area contributed by atoms with Crippen LogP contribution >= 0.6 is 0 Å². The van der Waals surface area contributed by atoms with E-state index < -0.39 is 0 Å². The molecule has 0 unspecified atom stereocenters. The molecule has 2 saturated carbocycles. The van der Waals surface area contributed by atoms with E-state index in [1.807, 2.05) is 0 Å². The zero-order valence-electron chi connectivity index (χ0n) is 8.59. The zero-order valence-corrected chi connectivity index (χ0v) is 8.59. The van der Waals surface area contributed by atoms with Crippen molar-refractivity contribution in [3.05, 3.63) is 0 Å². The Morgan fingerprint density at radius 3 is 2.43 bits per heavy atom. The van der Waals surface area contributed by atoms with E-state index in [9.17, 15) is 9.90 Å². The maximum absolute atomic E-state index is 11.6. The summed E-state index contributed by atoms with van der Waals surface area (Å²) in [5, 5.41) is 12.4. The highest BCUT2D eigenvalue weighted by atomic mass is 16.3. The van der Waals surface area contributed by atoms with Crippen LogP contribution in [-0.4, -0.2) is 23.2 Å². The average molecular weight is 197 g/mol. The standard InChI is InChI=1S/C11H19NO2/c13-8-11(6-2-1-3-7-11)12-10(14)9-4-5-9/h9,13H,1-8H2,(H,12,14). The Balaban J connectivity index is 1.92. The largest absolute Gasteiger partial charge is 0.394 e. The summed E-state index contributed by atoms with van der Waals surface area (Å²) in [4.78, 5) is 11.6. The van der Waals surface area contributed by atoms with Crippen LogP contribution in [0.25, 0.3) is 0 Å². The lowest BCUT2D eigenvalue weighted by atomic mass is 9.82. The Morgan fingerprint density at radius 2 is 1.93 bits per heavy atom. The molecule has 2 aliphatic carbocycles. The third kappa shape index (κ3) is 2.08. The van der Waals surface area contributed by atoms with Gasteiger partial charge < -0.3 is 10.4 Å². The minimum atomic E-state index is -0.280. The van der Waals surface area contributed by atoms with Gasteiger partial charge in [-0.1, -0.05) is 19.3 Å². The molecule has 3 nitrogen and oxygen atoms in total. The molecule has 2 N–H and O–H groups in total. The molecule has 2 fully saturated rings. The van der Waals surface area contributed by atoms with Crippen LogP contribution in [0.15, 0.2) is 0 Å². The number of aliphatic hydroxyl groups excluding tert-OH is 1. The van der Waals surface area contributed by atoms with Gasteiger partial charge in [-0.3, -0.25) is 4.79 Å². The molecule has 2 aliphatic rings. The second-order valence-electron chi connectivity index (χ2n) is 4.76. The summed E-state index contributed by atoms with van der Waals surface area (Å²) in [7, 11) is 0. The molecule has 0 saturated heterocycles. The number of nitrogens with one attached hydrogen (secondary N) is 1. The first kappa shape index (κ1) is 9.97. The lowest BCUT2D eigenvalue weighted by Crippen LogP contribution is -2.53. The first-order valence-electron chi connectivity index (χ1n) is 5.69. The van der Waals surface area contributed by atoms with Gasteiger partial charge in [-0.05, 0) is 25.7 Å². The molecule has 1 amide bonds. The van der Waals surface area contributed by atoms with Gasteiger partial charge in [-0.15, -0.1) is 0 Å². The molecule has 0 aliphatic heterocycles. The summed E-state index contributed by atoms with van der Waals surface area (Å²) < 4.78 is 0. The number of carbonyl (C=O) groups is 1. The SMILES string of the molecule is O=C(NC1(CO)CCCCC1)C1CC1. The van der Waals surface area contributed by atoms with Crippen molar-refractivity contribution in [1.29, 1.82) is 0 Å². The minimum Gasteiger partial charge on any atom is -0.394 e. The molecule has 14 heavy (non-hydrogen) atoms. The second-order valence-corrected chi connectivity index (χ2v) is 4.76. The molecular weight excluding hydrogens is 178 g/mol. The first-order valence-corrected chi connectivity index (χ1v) is 5.69. The molecule has 2 rings (SSSR count). The predicted octanol–water partition coefficient (Wildman–Crippen LogP) is 1.21. The van der Waals surface area contributed by atoms with Crippen molar-refractivity contribution in [1.82, 2.24) is 5.32 Å². The fourth-order valence-electron chi connectivity index (χ4n) is 2.26. The second kappa shape index (κ2) is 3.89. The molecular formula is C11H19NO2. The van der Waals surface area contributed by atoms with Crippen LogP contribution in [0.3, 0.4) is 0 Å². The van der Waals surface area contributed by atoms with Crippen LogP contribution < -0.4 is 5.32 Å². The van der Waals surface area contributed by atoms with Crippen molar-refractivity contribution >= 4 is 5.91 Å². The third-order valence-electron chi connectivity index (χ3n) is 3.45. The Morgan fingerprint density at radius 1 is 1.29 bits per heavy atom. The topological polar surface area (TPSA) is 49.3 Å². The van der Waals surface area contributed by atoms with E-state index in [-0.39, 0.29) is 24.0 Å². The summed E-state index contributed by atoms with van der Waals surface area (Å²) in [6, 6.07) is 0. The van der Waals surface area contributed by atoms with Crippen LogP contribution in [0.1, 0.15) is 44.9 Å². The van der Waals surface area contributed by atoms with E-state index in [0.29, 0.717) is 0 Å². The van der Waals surface area contributed by atoms with Crippen molar-refractivity contribution in [2.45, 2.75) is 50.5 Å².